The van der Waals surface area contributed by atoms with E-state index in [0.717, 1.165) is 43.2 Å². The van der Waals surface area contributed by atoms with Crippen LogP contribution in [0, 0.1) is 11.8 Å². The third-order valence-corrected chi connectivity index (χ3v) is 7.73. The first-order valence-electron chi connectivity index (χ1n) is 13.4. The molecule has 0 unspecified atom stereocenters. The Labute approximate surface area is 224 Å². The Morgan fingerprint density at radius 3 is 2.62 bits per heavy atom. The van der Waals surface area contributed by atoms with Crippen molar-refractivity contribution in [1.82, 2.24) is 20.1 Å². The Balaban J connectivity index is 1.41. The number of carbonyl (C=O) groups is 2. The fourth-order valence-corrected chi connectivity index (χ4v) is 5.41. The molecule has 2 aromatic heterocycles. The highest BCUT2D eigenvalue weighted by Crippen LogP contribution is 2.37. The van der Waals surface area contributed by atoms with E-state index in [1.165, 1.54) is 6.07 Å². The first kappa shape index (κ1) is 27.0. The number of hydrogen-bond acceptors (Lipinski definition) is 5. The minimum absolute atomic E-state index is 0.0471. The third-order valence-electron chi connectivity index (χ3n) is 7.73. The van der Waals surface area contributed by atoms with Gasteiger partial charge < -0.3 is 15.4 Å². The molecular weight excluding hydrogens is 511 g/mol. The third kappa shape index (κ3) is 6.17. The fraction of sp³-hybridized carbons (Fsp3) is 0.500. The van der Waals surface area contributed by atoms with Crippen molar-refractivity contribution in [3.63, 3.8) is 0 Å². The van der Waals surface area contributed by atoms with Crippen molar-refractivity contribution in [2.75, 3.05) is 11.9 Å². The average molecular weight is 544 g/mol. The minimum atomic E-state index is -4.67. The molecule has 1 saturated carbocycles. The lowest BCUT2D eigenvalue weighted by Crippen LogP contribution is -2.31. The first-order valence-corrected chi connectivity index (χ1v) is 13.4. The summed E-state index contributed by atoms with van der Waals surface area (Å²) < 4.78 is 47.4. The maximum Gasteiger partial charge on any atom is 0.433 e. The van der Waals surface area contributed by atoms with E-state index in [1.54, 1.807) is 12.1 Å². The molecule has 1 aliphatic carbocycles. The SMILES string of the molecule is CC(C)C1CCC(n2cc3cc(NC(=O)c4cccc(C(F)(F)F)n4)c(OC[C@@H]4CCC(=O)N4)cc3n2)CC1. The van der Waals surface area contributed by atoms with Gasteiger partial charge in [0.05, 0.1) is 23.3 Å². The van der Waals surface area contributed by atoms with Crippen LogP contribution < -0.4 is 15.4 Å². The molecule has 1 aromatic carbocycles. The number of halogens is 3. The average Bonchev–Trinajstić information content (AvgIpc) is 3.52. The second kappa shape index (κ2) is 10.9. The van der Waals surface area contributed by atoms with Crippen LogP contribution in [0.3, 0.4) is 0 Å². The van der Waals surface area contributed by atoms with Gasteiger partial charge in [-0.15, -0.1) is 0 Å². The van der Waals surface area contributed by atoms with Crippen molar-refractivity contribution in [2.45, 2.75) is 70.6 Å². The van der Waals surface area contributed by atoms with E-state index in [1.807, 2.05) is 10.9 Å². The predicted octanol–water partition coefficient (Wildman–Crippen LogP) is 5.75. The second-order valence-electron chi connectivity index (χ2n) is 10.8. The Morgan fingerprint density at radius 1 is 1.18 bits per heavy atom. The van der Waals surface area contributed by atoms with Gasteiger partial charge in [0, 0.05) is 24.1 Å². The van der Waals surface area contributed by atoms with Crippen LogP contribution in [0.5, 0.6) is 5.75 Å². The number of aromatic nitrogens is 3. The number of rotatable bonds is 7. The number of pyridine rings is 1. The molecule has 208 valence electrons. The van der Waals surface area contributed by atoms with Crippen LogP contribution >= 0.6 is 0 Å². The van der Waals surface area contributed by atoms with Gasteiger partial charge in [-0.2, -0.15) is 18.3 Å². The summed E-state index contributed by atoms with van der Waals surface area (Å²) in [7, 11) is 0. The van der Waals surface area contributed by atoms with E-state index in [0.29, 0.717) is 41.6 Å². The van der Waals surface area contributed by atoms with E-state index < -0.39 is 17.8 Å². The van der Waals surface area contributed by atoms with Gasteiger partial charge in [-0.3, -0.25) is 14.3 Å². The number of nitrogens with one attached hydrogen (secondary N) is 2. The molecule has 0 radical (unpaired) electrons. The lowest BCUT2D eigenvalue weighted by Gasteiger charge is -2.30. The molecule has 2 amide bonds. The molecule has 1 saturated heterocycles. The van der Waals surface area contributed by atoms with Crippen LogP contribution in [0.4, 0.5) is 18.9 Å². The molecule has 2 aliphatic rings. The zero-order chi connectivity index (χ0) is 27.7. The maximum atomic E-state index is 13.1. The number of fused-ring (bicyclic) bond motifs is 1. The second-order valence-corrected chi connectivity index (χ2v) is 10.8. The van der Waals surface area contributed by atoms with Crippen molar-refractivity contribution < 1.29 is 27.5 Å². The minimum Gasteiger partial charge on any atom is -0.489 e. The van der Waals surface area contributed by atoms with Gasteiger partial charge in [0.25, 0.3) is 5.91 Å². The number of ether oxygens (including phenoxy) is 1. The Morgan fingerprint density at radius 2 is 1.95 bits per heavy atom. The molecule has 2 fully saturated rings. The smallest absolute Gasteiger partial charge is 0.433 e. The summed E-state index contributed by atoms with van der Waals surface area (Å²) in [6, 6.07) is 6.73. The van der Waals surface area contributed by atoms with Crippen molar-refractivity contribution >= 4 is 28.4 Å². The zero-order valence-electron chi connectivity index (χ0n) is 21.9. The molecule has 2 N–H and O–H groups in total. The Bertz CT molecular complexity index is 1360. The van der Waals surface area contributed by atoms with Gasteiger partial charge >= 0.3 is 6.18 Å². The molecule has 5 rings (SSSR count). The lowest BCUT2D eigenvalue weighted by molar-refractivity contribution is -0.141. The van der Waals surface area contributed by atoms with Crippen LogP contribution in [0.2, 0.25) is 0 Å². The number of hydrogen-bond donors (Lipinski definition) is 2. The summed E-state index contributed by atoms with van der Waals surface area (Å²) in [6.07, 6.45) is 2.67. The summed E-state index contributed by atoms with van der Waals surface area (Å²) in [5.74, 6) is 0.851. The van der Waals surface area contributed by atoms with Gasteiger partial charge in [0.15, 0.2) is 0 Å². The molecule has 11 heteroatoms. The number of anilines is 1. The molecule has 1 aliphatic heterocycles. The molecule has 3 aromatic rings. The van der Waals surface area contributed by atoms with Crippen molar-refractivity contribution in [3.05, 3.63) is 47.9 Å². The van der Waals surface area contributed by atoms with Crippen LogP contribution in [-0.4, -0.2) is 39.2 Å². The van der Waals surface area contributed by atoms with E-state index in [9.17, 15) is 22.8 Å². The van der Waals surface area contributed by atoms with Gasteiger partial charge in [0.1, 0.15) is 23.7 Å². The van der Waals surface area contributed by atoms with E-state index in [-0.39, 0.29) is 30.3 Å². The normalized spacial score (nSPS) is 21.8. The lowest BCUT2D eigenvalue weighted by atomic mass is 9.80. The van der Waals surface area contributed by atoms with Crippen LogP contribution in [0.25, 0.3) is 10.9 Å². The Hall–Kier alpha value is -3.63. The van der Waals surface area contributed by atoms with E-state index in [2.05, 4.69) is 29.5 Å². The van der Waals surface area contributed by atoms with Crippen LogP contribution in [0.15, 0.2) is 36.5 Å². The fourth-order valence-electron chi connectivity index (χ4n) is 5.41. The first-order chi connectivity index (χ1) is 18.6. The number of amides is 2. The van der Waals surface area contributed by atoms with Gasteiger partial charge in [-0.05, 0) is 62.1 Å². The summed E-state index contributed by atoms with van der Waals surface area (Å²) in [4.78, 5) is 28.0. The zero-order valence-corrected chi connectivity index (χ0v) is 21.9. The molecule has 3 heterocycles. The number of alkyl halides is 3. The standard InChI is InChI=1S/C28H32F3N5O3/c1-16(2)17-6-9-20(10-7-17)36-14-18-12-23(34-27(38)21-4-3-5-25(33-21)28(29,30)31)24(13-22(18)35-36)39-15-19-8-11-26(37)32-19/h3-5,12-14,16-17,19-20H,6-11,15H2,1-2H3,(H,32,37)(H,34,38)/t17?,19-,20?/m0/s1. The van der Waals surface area contributed by atoms with Gasteiger partial charge in [-0.25, -0.2) is 4.98 Å². The highest BCUT2D eigenvalue weighted by Gasteiger charge is 2.33. The number of nitrogens with zero attached hydrogens (tertiary/aromatic N) is 3. The highest BCUT2D eigenvalue weighted by molar-refractivity contribution is 6.05. The molecule has 39 heavy (non-hydrogen) atoms. The number of carbonyl (C=O) groups excluding carboxylic acids is 2. The maximum absolute atomic E-state index is 13.1. The molecule has 1 atom stereocenters. The molecule has 0 spiro atoms. The summed E-state index contributed by atoms with van der Waals surface area (Å²) in [5.41, 5.74) is -0.537. The van der Waals surface area contributed by atoms with Crippen molar-refractivity contribution in [3.8, 4) is 5.75 Å². The number of benzene rings is 1. The molecule has 8 nitrogen and oxygen atoms in total. The summed E-state index contributed by atoms with van der Waals surface area (Å²) >= 11 is 0. The van der Waals surface area contributed by atoms with Crippen LogP contribution in [-0.2, 0) is 11.0 Å². The van der Waals surface area contributed by atoms with Gasteiger partial charge in [0.2, 0.25) is 5.91 Å². The Kier molecular flexibility index (Phi) is 7.51. The predicted molar refractivity (Wildman–Crippen MR) is 139 cm³/mol. The van der Waals surface area contributed by atoms with Crippen molar-refractivity contribution in [1.29, 1.82) is 0 Å². The van der Waals surface area contributed by atoms with E-state index in [4.69, 9.17) is 9.84 Å². The topological polar surface area (TPSA) is 98.1 Å². The quantitative estimate of drug-likeness (QED) is 0.396. The van der Waals surface area contributed by atoms with E-state index >= 15 is 0 Å². The van der Waals surface area contributed by atoms with Crippen molar-refractivity contribution in [2.24, 2.45) is 11.8 Å². The summed E-state index contributed by atoms with van der Waals surface area (Å²) in [5, 5.41) is 11.1. The van der Waals surface area contributed by atoms with Gasteiger partial charge in [-0.1, -0.05) is 19.9 Å². The van der Waals surface area contributed by atoms with Crippen LogP contribution in [0.1, 0.15) is 74.6 Å². The largest absolute Gasteiger partial charge is 0.489 e. The summed E-state index contributed by atoms with van der Waals surface area (Å²) in [6.45, 7) is 4.70. The highest BCUT2D eigenvalue weighted by atomic mass is 19.4. The monoisotopic (exact) mass is 543 g/mol. The molecule has 0 bridgehead atoms. The molecular formula is C28H32F3N5O3.